The summed E-state index contributed by atoms with van der Waals surface area (Å²) >= 11 is 0. The quantitative estimate of drug-likeness (QED) is 0.649. The van der Waals surface area contributed by atoms with E-state index in [1.165, 1.54) is 12.1 Å². The van der Waals surface area contributed by atoms with Crippen LogP contribution in [0.5, 0.6) is 5.75 Å². The minimum atomic E-state index is -0.354. The molecule has 0 aliphatic rings. The normalized spacial score (nSPS) is 12.2. The minimum Gasteiger partial charge on any atom is -0.467 e. The second kappa shape index (κ2) is 7.03. The van der Waals surface area contributed by atoms with Crippen LogP contribution in [-0.2, 0) is 11.3 Å². The van der Waals surface area contributed by atoms with Crippen molar-refractivity contribution in [3.8, 4) is 5.75 Å². The van der Waals surface area contributed by atoms with Crippen LogP contribution in [0.4, 0.5) is 4.39 Å². The van der Waals surface area contributed by atoms with Crippen LogP contribution in [0.25, 0.3) is 0 Å². The van der Waals surface area contributed by atoms with Crippen molar-refractivity contribution >= 4 is 0 Å². The highest BCUT2D eigenvalue weighted by Crippen LogP contribution is 2.24. The van der Waals surface area contributed by atoms with Crippen LogP contribution >= 0.6 is 0 Å². The molecule has 0 radical (unpaired) electrons. The smallest absolute Gasteiger partial charge is 0.189 e. The molecule has 0 bridgehead atoms. The van der Waals surface area contributed by atoms with E-state index in [2.05, 4.69) is 0 Å². The molecule has 0 saturated carbocycles. The molecule has 0 heterocycles. The number of ether oxygens (including phenoxy) is 2. The molecular formula is C16H18FNO2. The summed E-state index contributed by atoms with van der Waals surface area (Å²) < 4.78 is 24.1. The molecule has 2 aromatic carbocycles. The van der Waals surface area contributed by atoms with Crippen LogP contribution in [0.2, 0.25) is 0 Å². The number of hydrogen-bond donors (Lipinski definition) is 1. The number of rotatable bonds is 6. The maximum atomic E-state index is 13.2. The summed E-state index contributed by atoms with van der Waals surface area (Å²) in [6.07, 6.45) is 0. The van der Waals surface area contributed by atoms with E-state index in [0.717, 1.165) is 11.1 Å². The molecule has 2 rings (SSSR count). The van der Waals surface area contributed by atoms with Crippen molar-refractivity contribution in [2.75, 3.05) is 6.79 Å². The second-order valence-electron chi connectivity index (χ2n) is 4.57. The molecule has 0 aliphatic carbocycles. The predicted octanol–water partition coefficient (Wildman–Crippen LogP) is 3.40. The molecule has 20 heavy (non-hydrogen) atoms. The monoisotopic (exact) mass is 275 g/mol. The summed E-state index contributed by atoms with van der Waals surface area (Å²) in [5.41, 5.74) is 7.63. The largest absolute Gasteiger partial charge is 0.467 e. The Balaban J connectivity index is 1.89. The molecule has 0 aromatic heterocycles. The van der Waals surface area contributed by atoms with Crippen molar-refractivity contribution in [3.63, 3.8) is 0 Å². The van der Waals surface area contributed by atoms with Gasteiger partial charge in [0.15, 0.2) is 6.79 Å². The SMILES string of the molecule is C[C@H](N)c1ccc(F)cc1OCOCc1ccccc1. The first kappa shape index (κ1) is 14.5. The Bertz CT molecular complexity index is 543. The maximum Gasteiger partial charge on any atom is 0.189 e. The lowest BCUT2D eigenvalue weighted by atomic mass is 10.1. The van der Waals surface area contributed by atoms with Gasteiger partial charge in [0.05, 0.1) is 6.61 Å². The Morgan fingerprint density at radius 1 is 1.15 bits per heavy atom. The van der Waals surface area contributed by atoms with Gasteiger partial charge >= 0.3 is 0 Å². The Morgan fingerprint density at radius 2 is 1.90 bits per heavy atom. The maximum absolute atomic E-state index is 13.2. The van der Waals surface area contributed by atoms with Gasteiger partial charge in [-0.15, -0.1) is 0 Å². The van der Waals surface area contributed by atoms with E-state index in [9.17, 15) is 4.39 Å². The van der Waals surface area contributed by atoms with Gasteiger partial charge < -0.3 is 15.2 Å². The first-order valence-corrected chi connectivity index (χ1v) is 6.46. The molecule has 106 valence electrons. The summed E-state index contributed by atoms with van der Waals surface area (Å²) in [5.74, 6) is 0.0699. The fraction of sp³-hybridized carbons (Fsp3) is 0.250. The molecule has 0 fully saturated rings. The Kier molecular flexibility index (Phi) is 5.09. The van der Waals surface area contributed by atoms with Gasteiger partial charge in [-0.1, -0.05) is 36.4 Å². The molecule has 0 aliphatic heterocycles. The van der Waals surface area contributed by atoms with Crippen molar-refractivity contribution in [2.45, 2.75) is 19.6 Å². The van der Waals surface area contributed by atoms with Gasteiger partial charge in [-0.3, -0.25) is 0 Å². The number of hydrogen-bond acceptors (Lipinski definition) is 3. The van der Waals surface area contributed by atoms with Crippen LogP contribution < -0.4 is 10.5 Å². The van der Waals surface area contributed by atoms with E-state index < -0.39 is 0 Å². The van der Waals surface area contributed by atoms with E-state index in [1.807, 2.05) is 37.3 Å². The zero-order chi connectivity index (χ0) is 14.4. The van der Waals surface area contributed by atoms with Crippen LogP contribution in [0.1, 0.15) is 24.1 Å². The van der Waals surface area contributed by atoms with Gasteiger partial charge in [0.2, 0.25) is 0 Å². The first-order valence-electron chi connectivity index (χ1n) is 6.46. The van der Waals surface area contributed by atoms with E-state index in [4.69, 9.17) is 15.2 Å². The van der Waals surface area contributed by atoms with Crippen molar-refractivity contribution in [1.29, 1.82) is 0 Å². The van der Waals surface area contributed by atoms with Gasteiger partial charge in [0.25, 0.3) is 0 Å². The zero-order valence-corrected chi connectivity index (χ0v) is 11.4. The van der Waals surface area contributed by atoms with E-state index in [1.54, 1.807) is 6.07 Å². The highest BCUT2D eigenvalue weighted by molar-refractivity contribution is 5.36. The predicted molar refractivity (Wildman–Crippen MR) is 75.7 cm³/mol. The first-order chi connectivity index (χ1) is 9.66. The Hall–Kier alpha value is -1.91. The fourth-order valence-corrected chi connectivity index (χ4v) is 1.85. The zero-order valence-electron chi connectivity index (χ0n) is 11.4. The van der Waals surface area contributed by atoms with Gasteiger partial charge in [-0.2, -0.15) is 0 Å². The lowest BCUT2D eigenvalue weighted by Gasteiger charge is -2.14. The fourth-order valence-electron chi connectivity index (χ4n) is 1.85. The van der Waals surface area contributed by atoms with Crippen LogP contribution in [-0.4, -0.2) is 6.79 Å². The van der Waals surface area contributed by atoms with Crippen molar-refractivity contribution in [2.24, 2.45) is 5.73 Å². The highest BCUT2D eigenvalue weighted by Gasteiger charge is 2.09. The lowest BCUT2D eigenvalue weighted by Crippen LogP contribution is -2.10. The molecule has 2 aromatic rings. The van der Waals surface area contributed by atoms with Crippen molar-refractivity contribution < 1.29 is 13.9 Å². The van der Waals surface area contributed by atoms with Crippen LogP contribution in [0.3, 0.4) is 0 Å². The Morgan fingerprint density at radius 3 is 2.60 bits per heavy atom. The summed E-state index contributed by atoms with van der Waals surface area (Å²) in [4.78, 5) is 0. The van der Waals surface area contributed by atoms with Crippen LogP contribution in [0.15, 0.2) is 48.5 Å². The average Bonchev–Trinajstić information content (AvgIpc) is 2.44. The van der Waals surface area contributed by atoms with Gasteiger partial charge in [0.1, 0.15) is 11.6 Å². The van der Waals surface area contributed by atoms with Gasteiger partial charge in [0, 0.05) is 17.7 Å². The molecule has 0 amide bonds. The van der Waals surface area contributed by atoms with E-state index >= 15 is 0 Å². The summed E-state index contributed by atoms with van der Waals surface area (Å²) in [6, 6.07) is 13.9. The number of nitrogens with two attached hydrogens (primary N) is 1. The molecule has 0 spiro atoms. The minimum absolute atomic E-state index is 0.0536. The van der Waals surface area contributed by atoms with Crippen molar-refractivity contribution in [3.05, 3.63) is 65.5 Å². The standard InChI is InChI=1S/C16H18FNO2/c1-12(18)15-8-7-14(17)9-16(15)20-11-19-10-13-5-3-2-4-6-13/h2-9,12H,10-11,18H2,1H3/t12-/m0/s1. The van der Waals surface area contributed by atoms with E-state index in [-0.39, 0.29) is 18.7 Å². The van der Waals surface area contributed by atoms with Crippen LogP contribution in [0, 0.1) is 5.82 Å². The summed E-state index contributed by atoms with van der Waals surface area (Å²) in [7, 11) is 0. The molecular weight excluding hydrogens is 257 g/mol. The van der Waals surface area contributed by atoms with Gasteiger partial charge in [-0.05, 0) is 18.6 Å². The van der Waals surface area contributed by atoms with E-state index in [0.29, 0.717) is 12.4 Å². The van der Waals surface area contributed by atoms with Crippen molar-refractivity contribution in [1.82, 2.24) is 0 Å². The third-order valence-corrected chi connectivity index (χ3v) is 2.88. The third kappa shape index (κ3) is 4.05. The highest BCUT2D eigenvalue weighted by atomic mass is 19.1. The second-order valence-corrected chi connectivity index (χ2v) is 4.57. The summed E-state index contributed by atoms with van der Waals surface area (Å²) in [5, 5.41) is 0. The molecule has 4 heteroatoms. The lowest BCUT2D eigenvalue weighted by molar-refractivity contribution is 0.00426. The topological polar surface area (TPSA) is 44.5 Å². The summed E-state index contributed by atoms with van der Waals surface area (Å²) in [6.45, 7) is 2.33. The number of benzene rings is 2. The van der Waals surface area contributed by atoms with Gasteiger partial charge in [-0.25, -0.2) is 4.39 Å². The number of halogens is 1. The molecule has 0 saturated heterocycles. The third-order valence-electron chi connectivity index (χ3n) is 2.88. The molecule has 3 nitrogen and oxygen atoms in total. The molecule has 2 N–H and O–H groups in total. The molecule has 0 unspecified atom stereocenters. The Labute approximate surface area is 118 Å². The molecule has 1 atom stereocenters. The average molecular weight is 275 g/mol.